The second-order valence-corrected chi connectivity index (χ2v) is 4.29. The molecule has 0 spiro atoms. The van der Waals surface area contributed by atoms with Gasteiger partial charge in [-0.1, -0.05) is 13.8 Å². The van der Waals surface area contributed by atoms with Crippen molar-refractivity contribution in [1.82, 2.24) is 5.32 Å². The van der Waals surface area contributed by atoms with E-state index >= 15 is 0 Å². The first kappa shape index (κ1) is 11.5. The summed E-state index contributed by atoms with van der Waals surface area (Å²) in [5.74, 6) is -0.221. The van der Waals surface area contributed by atoms with Crippen LogP contribution in [0.2, 0.25) is 0 Å². The molecule has 82 valence electrons. The Balaban J connectivity index is 2.32. The van der Waals surface area contributed by atoms with Crippen LogP contribution in [0.5, 0.6) is 0 Å². The molecule has 14 heavy (non-hydrogen) atoms. The molecule has 0 aromatic rings. The number of nitrogens with one attached hydrogen (secondary N) is 1. The zero-order valence-corrected chi connectivity index (χ0v) is 9.29. The van der Waals surface area contributed by atoms with Crippen molar-refractivity contribution in [3.63, 3.8) is 0 Å². The van der Waals surface area contributed by atoms with Crippen LogP contribution in [0.3, 0.4) is 0 Å². The first-order chi connectivity index (χ1) is 6.52. The van der Waals surface area contributed by atoms with Gasteiger partial charge in [-0.3, -0.25) is 4.79 Å². The van der Waals surface area contributed by atoms with Crippen LogP contribution in [0.15, 0.2) is 0 Å². The first-order valence-electron chi connectivity index (χ1n) is 4.85. The monoisotopic (exact) mass is 201 g/mol. The van der Waals surface area contributed by atoms with E-state index < -0.39 is 0 Å². The molecule has 0 radical (unpaired) electrons. The fraction of sp³-hybridized carbons (Fsp3) is 0.900. The maximum Gasteiger partial charge on any atom is 0.319 e. The largest absolute Gasteiger partial charge is 0.468 e. The van der Waals surface area contributed by atoms with Crippen molar-refractivity contribution in [3.8, 4) is 0 Å². The second-order valence-electron chi connectivity index (χ2n) is 4.29. The van der Waals surface area contributed by atoms with Crippen LogP contribution in [0.25, 0.3) is 0 Å². The van der Waals surface area contributed by atoms with E-state index in [1.807, 2.05) is 0 Å². The van der Waals surface area contributed by atoms with Gasteiger partial charge in [0.05, 0.1) is 19.8 Å². The number of carbonyl (C=O) groups is 1. The fourth-order valence-corrected chi connectivity index (χ4v) is 1.91. The average molecular weight is 201 g/mol. The molecule has 2 unspecified atom stereocenters. The van der Waals surface area contributed by atoms with Gasteiger partial charge in [-0.2, -0.15) is 0 Å². The van der Waals surface area contributed by atoms with Gasteiger partial charge in [0.25, 0.3) is 0 Å². The van der Waals surface area contributed by atoms with Gasteiger partial charge in [0, 0.05) is 18.6 Å². The lowest BCUT2D eigenvalue weighted by molar-refractivity contribution is -0.141. The van der Waals surface area contributed by atoms with E-state index in [1.54, 1.807) is 7.11 Å². The molecule has 1 N–H and O–H groups in total. The van der Waals surface area contributed by atoms with Gasteiger partial charge in [-0.05, 0) is 6.42 Å². The van der Waals surface area contributed by atoms with E-state index in [2.05, 4.69) is 23.9 Å². The molecule has 4 heteroatoms. The minimum Gasteiger partial charge on any atom is -0.468 e. The van der Waals surface area contributed by atoms with Crippen molar-refractivity contribution >= 4 is 5.97 Å². The maximum absolute atomic E-state index is 10.9. The Morgan fingerprint density at radius 1 is 1.50 bits per heavy atom. The van der Waals surface area contributed by atoms with Gasteiger partial charge >= 0.3 is 5.97 Å². The van der Waals surface area contributed by atoms with E-state index in [1.165, 1.54) is 7.11 Å². The summed E-state index contributed by atoms with van der Waals surface area (Å²) < 4.78 is 9.87. The molecule has 0 aliphatic heterocycles. The summed E-state index contributed by atoms with van der Waals surface area (Å²) in [6, 6.07) is 0.339. The smallest absolute Gasteiger partial charge is 0.319 e. The van der Waals surface area contributed by atoms with Gasteiger partial charge in [0.15, 0.2) is 0 Å². The lowest BCUT2D eigenvalue weighted by Crippen LogP contribution is -2.61. The molecule has 0 heterocycles. The predicted octanol–water partition coefficient (Wildman–Crippen LogP) is 0.562. The van der Waals surface area contributed by atoms with Crippen LogP contribution < -0.4 is 5.32 Å². The standard InChI is InChI=1S/C10H19NO3/c1-10(2)7(5-8(10)13-3)11-6-9(12)14-4/h7-8,11H,5-6H2,1-4H3. The summed E-state index contributed by atoms with van der Waals surface area (Å²) in [6.45, 7) is 4.56. The first-order valence-corrected chi connectivity index (χ1v) is 4.85. The summed E-state index contributed by atoms with van der Waals surface area (Å²) in [5, 5.41) is 3.17. The Hall–Kier alpha value is -0.610. The summed E-state index contributed by atoms with van der Waals surface area (Å²) in [6.07, 6.45) is 1.25. The number of esters is 1. The van der Waals surface area contributed by atoms with Crippen LogP contribution in [0.1, 0.15) is 20.3 Å². The molecule has 0 bridgehead atoms. The van der Waals surface area contributed by atoms with Crippen LogP contribution in [-0.2, 0) is 14.3 Å². The Kier molecular flexibility index (Phi) is 3.50. The lowest BCUT2D eigenvalue weighted by Gasteiger charge is -2.51. The van der Waals surface area contributed by atoms with E-state index in [4.69, 9.17) is 4.74 Å². The molecular weight excluding hydrogens is 182 g/mol. The number of methoxy groups -OCH3 is 2. The minimum absolute atomic E-state index is 0.1000. The number of ether oxygens (including phenoxy) is 2. The molecule has 4 nitrogen and oxygen atoms in total. The molecule has 1 fully saturated rings. The van der Waals surface area contributed by atoms with Crippen LogP contribution in [0.4, 0.5) is 0 Å². The summed E-state index contributed by atoms with van der Waals surface area (Å²) in [4.78, 5) is 10.9. The fourth-order valence-electron chi connectivity index (χ4n) is 1.91. The normalized spacial score (nSPS) is 29.4. The summed E-state index contributed by atoms with van der Waals surface area (Å²) in [7, 11) is 3.12. The zero-order chi connectivity index (χ0) is 10.8. The Labute approximate surface area is 85.0 Å². The van der Waals surface area contributed by atoms with E-state index in [0.717, 1.165) is 6.42 Å². The van der Waals surface area contributed by atoms with Gasteiger partial charge in [-0.15, -0.1) is 0 Å². The summed E-state index contributed by atoms with van der Waals surface area (Å²) >= 11 is 0. The number of carbonyl (C=O) groups excluding carboxylic acids is 1. The third kappa shape index (κ3) is 2.07. The Morgan fingerprint density at radius 3 is 2.57 bits per heavy atom. The summed E-state index contributed by atoms with van der Waals surface area (Å²) in [5.41, 5.74) is 0.1000. The van der Waals surface area contributed by atoms with Crippen LogP contribution in [0, 0.1) is 5.41 Å². The molecule has 1 aliphatic rings. The number of hydrogen-bond acceptors (Lipinski definition) is 4. The van der Waals surface area contributed by atoms with E-state index in [-0.39, 0.29) is 24.0 Å². The van der Waals surface area contributed by atoms with Gasteiger partial charge in [-0.25, -0.2) is 0 Å². The van der Waals surface area contributed by atoms with Crippen molar-refractivity contribution in [1.29, 1.82) is 0 Å². The van der Waals surface area contributed by atoms with E-state index in [9.17, 15) is 4.79 Å². The van der Waals surface area contributed by atoms with Crippen molar-refractivity contribution in [2.75, 3.05) is 20.8 Å². The molecule has 2 atom stereocenters. The molecule has 0 saturated heterocycles. The van der Waals surface area contributed by atoms with Gasteiger partial charge in [0.1, 0.15) is 0 Å². The lowest BCUT2D eigenvalue weighted by atomic mass is 9.64. The number of hydrogen-bond donors (Lipinski definition) is 1. The van der Waals surface area contributed by atoms with Crippen LogP contribution >= 0.6 is 0 Å². The highest BCUT2D eigenvalue weighted by molar-refractivity contribution is 5.71. The van der Waals surface area contributed by atoms with Gasteiger partial charge < -0.3 is 14.8 Å². The van der Waals surface area contributed by atoms with Gasteiger partial charge in [0.2, 0.25) is 0 Å². The van der Waals surface area contributed by atoms with Crippen molar-refractivity contribution < 1.29 is 14.3 Å². The highest BCUT2D eigenvalue weighted by Gasteiger charge is 2.48. The topological polar surface area (TPSA) is 47.6 Å². The maximum atomic E-state index is 10.9. The zero-order valence-electron chi connectivity index (χ0n) is 9.29. The second kappa shape index (κ2) is 4.28. The molecule has 1 rings (SSSR count). The predicted molar refractivity (Wildman–Crippen MR) is 53.0 cm³/mol. The molecular formula is C10H19NO3. The molecule has 1 saturated carbocycles. The molecule has 0 aromatic carbocycles. The molecule has 0 aromatic heterocycles. The highest BCUT2D eigenvalue weighted by atomic mass is 16.5. The Morgan fingerprint density at radius 2 is 2.14 bits per heavy atom. The van der Waals surface area contributed by atoms with E-state index in [0.29, 0.717) is 6.04 Å². The SMILES string of the molecule is COC(=O)CNC1CC(OC)C1(C)C. The third-order valence-corrected chi connectivity index (χ3v) is 3.18. The van der Waals surface area contributed by atoms with Crippen molar-refractivity contribution in [3.05, 3.63) is 0 Å². The van der Waals surface area contributed by atoms with Crippen molar-refractivity contribution in [2.45, 2.75) is 32.4 Å². The average Bonchev–Trinajstić information content (AvgIpc) is 2.16. The third-order valence-electron chi connectivity index (χ3n) is 3.18. The molecule has 1 aliphatic carbocycles. The van der Waals surface area contributed by atoms with Crippen molar-refractivity contribution in [2.24, 2.45) is 5.41 Å². The minimum atomic E-state index is -0.221. The number of rotatable bonds is 4. The molecule has 0 amide bonds. The van der Waals surface area contributed by atoms with Crippen LogP contribution in [-0.4, -0.2) is 38.9 Å². The Bertz CT molecular complexity index is 215. The highest BCUT2D eigenvalue weighted by Crippen LogP contribution is 2.42. The quantitative estimate of drug-likeness (QED) is 0.675.